The fourth-order valence-electron chi connectivity index (χ4n) is 1.27. The zero-order valence-electron chi connectivity index (χ0n) is 6.49. The number of H-pyrrole nitrogens is 1. The first-order chi connectivity index (χ1) is 5.66. The van der Waals surface area contributed by atoms with Gasteiger partial charge in [-0.3, -0.25) is 0 Å². The van der Waals surface area contributed by atoms with E-state index in [0.717, 1.165) is 16.6 Å². The molecular formula is C9H7FIN. The number of hydrogen-bond acceptors (Lipinski definition) is 0. The SMILES string of the molecule is Cc1cc2cc(I)c(F)cc2[nH]1. The molecule has 3 heteroatoms. The molecule has 0 unspecified atom stereocenters. The van der Waals surface area contributed by atoms with Crippen LogP contribution in [0.5, 0.6) is 0 Å². The highest BCUT2D eigenvalue weighted by Crippen LogP contribution is 2.20. The van der Waals surface area contributed by atoms with Crippen LogP contribution in [0.3, 0.4) is 0 Å². The van der Waals surface area contributed by atoms with E-state index in [-0.39, 0.29) is 5.82 Å². The van der Waals surface area contributed by atoms with E-state index in [4.69, 9.17) is 0 Å². The molecule has 1 aromatic heterocycles. The van der Waals surface area contributed by atoms with Gasteiger partial charge >= 0.3 is 0 Å². The Balaban J connectivity index is 2.83. The van der Waals surface area contributed by atoms with E-state index in [9.17, 15) is 4.39 Å². The van der Waals surface area contributed by atoms with Crippen LogP contribution in [0.15, 0.2) is 18.2 Å². The van der Waals surface area contributed by atoms with Gasteiger partial charge in [0.05, 0.1) is 0 Å². The lowest BCUT2D eigenvalue weighted by molar-refractivity contribution is 0.622. The van der Waals surface area contributed by atoms with Crippen molar-refractivity contribution in [1.82, 2.24) is 4.98 Å². The van der Waals surface area contributed by atoms with Crippen molar-refractivity contribution < 1.29 is 4.39 Å². The standard InChI is InChI=1S/C9H7FIN/c1-5-2-6-3-8(11)7(10)4-9(6)12-5/h2-4,12H,1H3. The smallest absolute Gasteiger partial charge is 0.138 e. The van der Waals surface area contributed by atoms with Crippen molar-refractivity contribution in [2.24, 2.45) is 0 Å². The summed E-state index contributed by atoms with van der Waals surface area (Å²) in [6, 6.07) is 5.38. The van der Waals surface area contributed by atoms with Crippen LogP contribution in [-0.2, 0) is 0 Å². The quantitative estimate of drug-likeness (QED) is 0.710. The van der Waals surface area contributed by atoms with Crippen LogP contribution in [0.2, 0.25) is 0 Å². The molecule has 0 radical (unpaired) electrons. The lowest BCUT2D eigenvalue weighted by Crippen LogP contribution is -1.80. The maximum Gasteiger partial charge on any atom is 0.138 e. The Morgan fingerprint density at radius 1 is 1.33 bits per heavy atom. The molecule has 1 aromatic carbocycles. The van der Waals surface area contributed by atoms with Gasteiger partial charge in [0.15, 0.2) is 0 Å². The third kappa shape index (κ3) is 1.22. The van der Waals surface area contributed by atoms with Crippen molar-refractivity contribution in [2.75, 3.05) is 0 Å². The van der Waals surface area contributed by atoms with Crippen molar-refractivity contribution in [3.8, 4) is 0 Å². The Hall–Kier alpha value is -0.580. The molecule has 0 aliphatic heterocycles. The second-order valence-electron chi connectivity index (χ2n) is 2.81. The summed E-state index contributed by atoms with van der Waals surface area (Å²) in [5.74, 6) is -0.162. The molecule has 2 aromatic rings. The van der Waals surface area contributed by atoms with E-state index in [2.05, 4.69) is 4.98 Å². The molecule has 0 fully saturated rings. The Kier molecular flexibility index (Phi) is 1.83. The first-order valence-electron chi connectivity index (χ1n) is 3.61. The fourth-order valence-corrected chi connectivity index (χ4v) is 1.76. The molecule has 1 heterocycles. The molecule has 0 aliphatic rings. The maximum absolute atomic E-state index is 13.0. The third-order valence-corrected chi connectivity index (χ3v) is 2.62. The molecule has 0 bridgehead atoms. The van der Waals surface area contributed by atoms with E-state index < -0.39 is 0 Å². The summed E-state index contributed by atoms with van der Waals surface area (Å²) >= 11 is 1.99. The minimum Gasteiger partial charge on any atom is -0.359 e. The van der Waals surface area contributed by atoms with E-state index in [1.807, 2.05) is 41.6 Å². The second kappa shape index (κ2) is 2.73. The van der Waals surface area contributed by atoms with Gasteiger partial charge in [-0.2, -0.15) is 0 Å². The number of fused-ring (bicyclic) bond motifs is 1. The average Bonchev–Trinajstić information content (AvgIpc) is 2.30. The van der Waals surface area contributed by atoms with Gasteiger partial charge in [0, 0.05) is 20.2 Å². The van der Waals surface area contributed by atoms with Crippen molar-refractivity contribution in [3.05, 3.63) is 33.3 Å². The van der Waals surface area contributed by atoms with Gasteiger partial charge in [0.1, 0.15) is 5.82 Å². The predicted octanol–water partition coefficient (Wildman–Crippen LogP) is 3.22. The molecule has 0 atom stereocenters. The third-order valence-electron chi connectivity index (χ3n) is 1.80. The number of aryl methyl sites for hydroxylation is 1. The normalized spacial score (nSPS) is 10.9. The Morgan fingerprint density at radius 3 is 2.83 bits per heavy atom. The molecule has 1 N–H and O–H groups in total. The molecule has 1 nitrogen and oxygen atoms in total. The molecule has 2 rings (SSSR count). The molecular weight excluding hydrogens is 268 g/mol. The Bertz CT molecular complexity index is 394. The number of halogens is 2. The van der Waals surface area contributed by atoms with Crippen molar-refractivity contribution in [1.29, 1.82) is 0 Å². The molecule has 0 spiro atoms. The van der Waals surface area contributed by atoms with Gasteiger partial charge in [-0.05, 0) is 47.7 Å². The monoisotopic (exact) mass is 275 g/mol. The summed E-state index contributed by atoms with van der Waals surface area (Å²) in [6.07, 6.45) is 0. The summed E-state index contributed by atoms with van der Waals surface area (Å²) in [4.78, 5) is 3.08. The largest absolute Gasteiger partial charge is 0.359 e. The van der Waals surface area contributed by atoms with Crippen LogP contribution in [-0.4, -0.2) is 4.98 Å². The zero-order chi connectivity index (χ0) is 8.72. The highest BCUT2D eigenvalue weighted by atomic mass is 127. The van der Waals surface area contributed by atoms with Gasteiger partial charge in [0.2, 0.25) is 0 Å². The number of hydrogen-bond donors (Lipinski definition) is 1. The van der Waals surface area contributed by atoms with Crippen LogP contribution in [0, 0.1) is 16.3 Å². The van der Waals surface area contributed by atoms with Crippen LogP contribution in [0.4, 0.5) is 4.39 Å². The van der Waals surface area contributed by atoms with Crippen LogP contribution >= 0.6 is 22.6 Å². The van der Waals surface area contributed by atoms with Crippen LogP contribution in [0.25, 0.3) is 10.9 Å². The molecule has 0 saturated carbocycles. The van der Waals surface area contributed by atoms with Gasteiger partial charge in [-0.1, -0.05) is 0 Å². The number of rotatable bonds is 0. The lowest BCUT2D eigenvalue weighted by atomic mass is 10.2. The summed E-state index contributed by atoms with van der Waals surface area (Å²) in [6.45, 7) is 1.96. The Morgan fingerprint density at radius 2 is 2.08 bits per heavy atom. The topological polar surface area (TPSA) is 15.8 Å². The first-order valence-corrected chi connectivity index (χ1v) is 4.69. The van der Waals surface area contributed by atoms with Crippen LogP contribution < -0.4 is 0 Å². The summed E-state index contributed by atoms with van der Waals surface area (Å²) in [5.41, 5.74) is 1.93. The van der Waals surface area contributed by atoms with Crippen molar-refractivity contribution >= 4 is 33.5 Å². The minimum atomic E-state index is -0.162. The zero-order valence-corrected chi connectivity index (χ0v) is 8.65. The van der Waals surface area contributed by atoms with E-state index in [1.54, 1.807) is 0 Å². The van der Waals surface area contributed by atoms with E-state index >= 15 is 0 Å². The van der Waals surface area contributed by atoms with Gasteiger partial charge in [-0.15, -0.1) is 0 Å². The maximum atomic E-state index is 13.0. The highest BCUT2D eigenvalue weighted by molar-refractivity contribution is 14.1. The Labute approximate surface area is 83.1 Å². The lowest BCUT2D eigenvalue weighted by Gasteiger charge is -1.93. The molecule has 0 saturated heterocycles. The number of benzene rings is 1. The average molecular weight is 275 g/mol. The molecule has 62 valence electrons. The van der Waals surface area contributed by atoms with Crippen molar-refractivity contribution in [2.45, 2.75) is 6.92 Å². The number of nitrogens with one attached hydrogen (secondary N) is 1. The summed E-state index contributed by atoms with van der Waals surface area (Å²) < 4.78 is 13.7. The van der Waals surface area contributed by atoms with Gasteiger partial charge < -0.3 is 4.98 Å². The van der Waals surface area contributed by atoms with Gasteiger partial charge in [-0.25, -0.2) is 4.39 Å². The van der Waals surface area contributed by atoms with E-state index in [0.29, 0.717) is 3.57 Å². The predicted molar refractivity (Wildman–Crippen MR) is 55.7 cm³/mol. The van der Waals surface area contributed by atoms with Crippen molar-refractivity contribution in [3.63, 3.8) is 0 Å². The van der Waals surface area contributed by atoms with Crippen LogP contribution in [0.1, 0.15) is 5.69 Å². The molecule has 12 heavy (non-hydrogen) atoms. The minimum absolute atomic E-state index is 0.162. The van der Waals surface area contributed by atoms with E-state index in [1.165, 1.54) is 6.07 Å². The molecule has 0 aliphatic carbocycles. The highest BCUT2D eigenvalue weighted by Gasteiger charge is 2.02. The summed E-state index contributed by atoms with van der Waals surface area (Å²) in [5, 5.41) is 1.07. The fraction of sp³-hybridized carbons (Fsp3) is 0.111. The number of aromatic nitrogens is 1. The van der Waals surface area contributed by atoms with Gasteiger partial charge in [0.25, 0.3) is 0 Å². The number of aromatic amines is 1. The first kappa shape index (κ1) is 8.04. The molecule has 0 amide bonds. The summed E-state index contributed by atoms with van der Waals surface area (Å²) in [7, 11) is 0. The second-order valence-corrected chi connectivity index (χ2v) is 3.97.